The SMILES string of the molecule is Clc1cccc(N2CCC(N[C@@H]3C[C@H]4CO[C@H](C5CC5)CN4C3)CC2)c1. The summed E-state index contributed by atoms with van der Waals surface area (Å²) in [7, 11) is 0. The minimum Gasteiger partial charge on any atom is -0.375 e. The molecule has 0 radical (unpaired) electrons. The number of hydrogen-bond donors (Lipinski definition) is 1. The van der Waals surface area contributed by atoms with Gasteiger partial charge in [0.25, 0.3) is 0 Å². The summed E-state index contributed by atoms with van der Waals surface area (Å²) in [5.41, 5.74) is 1.26. The fourth-order valence-electron chi connectivity index (χ4n) is 5.08. The van der Waals surface area contributed by atoms with Gasteiger partial charge in [-0.2, -0.15) is 0 Å². The molecule has 1 aliphatic carbocycles. The van der Waals surface area contributed by atoms with Crippen molar-refractivity contribution >= 4 is 17.3 Å². The topological polar surface area (TPSA) is 27.7 Å². The molecule has 0 unspecified atom stereocenters. The Morgan fingerprint density at radius 2 is 1.88 bits per heavy atom. The Morgan fingerprint density at radius 3 is 2.65 bits per heavy atom. The first-order valence-electron chi connectivity index (χ1n) is 10.4. The van der Waals surface area contributed by atoms with E-state index in [1.165, 1.54) is 50.9 Å². The molecular weight excluding hydrogens is 346 g/mol. The maximum atomic E-state index is 6.15. The number of anilines is 1. The molecule has 5 rings (SSSR count). The molecule has 3 heterocycles. The van der Waals surface area contributed by atoms with Crippen LogP contribution in [0.25, 0.3) is 0 Å². The van der Waals surface area contributed by atoms with Crippen molar-refractivity contribution < 1.29 is 4.74 Å². The first kappa shape index (κ1) is 17.3. The van der Waals surface area contributed by atoms with Crippen LogP contribution in [0.3, 0.4) is 0 Å². The average molecular weight is 376 g/mol. The van der Waals surface area contributed by atoms with Crippen LogP contribution in [0.15, 0.2) is 24.3 Å². The summed E-state index contributed by atoms with van der Waals surface area (Å²) in [5.74, 6) is 0.860. The van der Waals surface area contributed by atoms with Crippen molar-refractivity contribution in [3.8, 4) is 0 Å². The molecule has 5 heteroatoms. The normalized spacial score (nSPS) is 33.4. The van der Waals surface area contributed by atoms with E-state index in [2.05, 4.69) is 27.2 Å². The second kappa shape index (κ2) is 7.31. The Bertz CT molecular complexity index is 629. The predicted molar refractivity (Wildman–Crippen MR) is 106 cm³/mol. The molecule has 4 aliphatic rings. The minimum atomic E-state index is 0.519. The number of morpholine rings is 1. The molecule has 1 N–H and O–H groups in total. The quantitative estimate of drug-likeness (QED) is 0.874. The van der Waals surface area contributed by atoms with Crippen LogP contribution in [0.2, 0.25) is 5.02 Å². The molecule has 26 heavy (non-hydrogen) atoms. The predicted octanol–water partition coefficient (Wildman–Crippen LogP) is 3.15. The van der Waals surface area contributed by atoms with Gasteiger partial charge in [-0.05, 0) is 56.2 Å². The lowest BCUT2D eigenvalue weighted by atomic mass is 10.0. The van der Waals surface area contributed by atoms with Crippen LogP contribution in [0.4, 0.5) is 5.69 Å². The summed E-state index contributed by atoms with van der Waals surface area (Å²) in [4.78, 5) is 5.17. The molecule has 1 aromatic carbocycles. The molecule has 3 aliphatic heterocycles. The van der Waals surface area contributed by atoms with Gasteiger partial charge in [0.2, 0.25) is 0 Å². The average Bonchev–Trinajstić information content (AvgIpc) is 3.42. The molecule has 0 bridgehead atoms. The van der Waals surface area contributed by atoms with Gasteiger partial charge in [-0.3, -0.25) is 4.90 Å². The molecule has 1 aromatic rings. The van der Waals surface area contributed by atoms with Crippen molar-refractivity contribution in [2.45, 2.75) is 56.3 Å². The third-order valence-corrected chi connectivity index (χ3v) is 6.97. The zero-order chi connectivity index (χ0) is 17.5. The molecule has 142 valence electrons. The first-order valence-corrected chi connectivity index (χ1v) is 10.7. The van der Waals surface area contributed by atoms with E-state index in [1.54, 1.807) is 0 Å². The van der Waals surface area contributed by atoms with Gasteiger partial charge in [0.15, 0.2) is 0 Å². The monoisotopic (exact) mass is 375 g/mol. The number of hydrogen-bond acceptors (Lipinski definition) is 4. The van der Waals surface area contributed by atoms with Crippen molar-refractivity contribution in [1.29, 1.82) is 0 Å². The van der Waals surface area contributed by atoms with Gasteiger partial charge in [-0.25, -0.2) is 0 Å². The van der Waals surface area contributed by atoms with Gasteiger partial charge in [-0.15, -0.1) is 0 Å². The zero-order valence-electron chi connectivity index (χ0n) is 15.4. The molecule has 4 fully saturated rings. The van der Waals surface area contributed by atoms with Crippen LogP contribution >= 0.6 is 11.6 Å². The number of halogens is 1. The van der Waals surface area contributed by atoms with Crippen molar-refractivity contribution in [2.24, 2.45) is 5.92 Å². The fraction of sp³-hybridized carbons (Fsp3) is 0.714. The summed E-state index contributed by atoms with van der Waals surface area (Å²) in [6.45, 7) is 5.56. The van der Waals surface area contributed by atoms with Gasteiger partial charge < -0.3 is 15.0 Å². The molecule has 4 nitrogen and oxygen atoms in total. The fourth-order valence-corrected chi connectivity index (χ4v) is 5.27. The van der Waals surface area contributed by atoms with Crippen LogP contribution in [0.5, 0.6) is 0 Å². The second-order valence-electron chi connectivity index (χ2n) is 8.66. The van der Waals surface area contributed by atoms with Gasteiger partial charge in [0.05, 0.1) is 12.7 Å². The Labute approximate surface area is 161 Å². The van der Waals surface area contributed by atoms with E-state index < -0.39 is 0 Å². The lowest BCUT2D eigenvalue weighted by Crippen LogP contribution is -2.48. The lowest BCUT2D eigenvalue weighted by molar-refractivity contribution is -0.0581. The molecule has 0 amide bonds. The van der Waals surface area contributed by atoms with Gasteiger partial charge >= 0.3 is 0 Å². The smallest absolute Gasteiger partial charge is 0.0731 e. The van der Waals surface area contributed by atoms with Crippen LogP contribution in [-0.2, 0) is 4.74 Å². The van der Waals surface area contributed by atoms with Gasteiger partial charge in [0.1, 0.15) is 0 Å². The van der Waals surface area contributed by atoms with E-state index in [1.807, 2.05) is 12.1 Å². The number of nitrogens with one attached hydrogen (secondary N) is 1. The molecule has 0 spiro atoms. The van der Waals surface area contributed by atoms with E-state index in [-0.39, 0.29) is 0 Å². The highest BCUT2D eigenvalue weighted by atomic mass is 35.5. The standard InChI is InChI=1S/C21H30ClN3O/c22-16-2-1-3-19(10-16)24-8-6-17(7-9-24)23-18-11-20-14-26-21(15-4-5-15)13-25(20)12-18/h1-3,10,15,17-18,20-21,23H,4-9,11-14H2/t18-,20+,21+/m1/s1. The van der Waals surface area contributed by atoms with E-state index >= 15 is 0 Å². The third kappa shape index (κ3) is 3.75. The number of benzene rings is 1. The van der Waals surface area contributed by atoms with E-state index in [0.29, 0.717) is 24.2 Å². The maximum Gasteiger partial charge on any atom is 0.0731 e. The molecule has 3 atom stereocenters. The Morgan fingerprint density at radius 1 is 1.04 bits per heavy atom. The van der Waals surface area contributed by atoms with Crippen LogP contribution in [-0.4, -0.2) is 61.9 Å². The van der Waals surface area contributed by atoms with Crippen molar-refractivity contribution in [2.75, 3.05) is 37.7 Å². The molecular formula is C21H30ClN3O. The Kier molecular flexibility index (Phi) is 4.86. The number of fused-ring (bicyclic) bond motifs is 1. The summed E-state index contributed by atoms with van der Waals surface area (Å²) >= 11 is 6.15. The van der Waals surface area contributed by atoms with E-state index in [4.69, 9.17) is 16.3 Å². The Balaban J connectivity index is 1.10. The van der Waals surface area contributed by atoms with Crippen molar-refractivity contribution in [3.63, 3.8) is 0 Å². The molecule has 0 aromatic heterocycles. The minimum absolute atomic E-state index is 0.519. The largest absolute Gasteiger partial charge is 0.375 e. The summed E-state index contributed by atoms with van der Waals surface area (Å²) in [5, 5.41) is 4.80. The second-order valence-corrected chi connectivity index (χ2v) is 9.09. The summed E-state index contributed by atoms with van der Waals surface area (Å²) < 4.78 is 6.14. The van der Waals surface area contributed by atoms with Gasteiger partial charge in [-0.1, -0.05) is 17.7 Å². The maximum absolute atomic E-state index is 6.15. The summed E-state index contributed by atoms with van der Waals surface area (Å²) in [6.07, 6.45) is 6.98. The number of piperidine rings is 1. The highest BCUT2D eigenvalue weighted by molar-refractivity contribution is 6.30. The van der Waals surface area contributed by atoms with Crippen molar-refractivity contribution in [1.82, 2.24) is 10.2 Å². The highest BCUT2D eigenvalue weighted by Crippen LogP contribution is 2.38. The van der Waals surface area contributed by atoms with E-state index in [9.17, 15) is 0 Å². The summed E-state index contributed by atoms with van der Waals surface area (Å²) in [6, 6.07) is 10.2. The van der Waals surface area contributed by atoms with Gasteiger partial charge in [0, 0.05) is 55.0 Å². The van der Waals surface area contributed by atoms with E-state index in [0.717, 1.165) is 30.6 Å². The Hall–Kier alpha value is -0.810. The first-order chi connectivity index (χ1) is 12.7. The number of ether oxygens (including phenoxy) is 1. The van der Waals surface area contributed by atoms with Crippen LogP contribution in [0, 0.1) is 5.92 Å². The van der Waals surface area contributed by atoms with Crippen LogP contribution in [0.1, 0.15) is 32.1 Å². The highest BCUT2D eigenvalue weighted by Gasteiger charge is 2.42. The van der Waals surface area contributed by atoms with Crippen LogP contribution < -0.4 is 10.2 Å². The molecule has 3 saturated heterocycles. The lowest BCUT2D eigenvalue weighted by Gasteiger charge is -2.35. The number of nitrogens with zero attached hydrogens (tertiary/aromatic N) is 2. The van der Waals surface area contributed by atoms with Crippen molar-refractivity contribution in [3.05, 3.63) is 29.3 Å². The third-order valence-electron chi connectivity index (χ3n) is 6.73. The zero-order valence-corrected chi connectivity index (χ0v) is 16.2. The molecule has 1 saturated carbocycles. The number of rotatable bonds is 4.